The quantitative estimate of drug-likeness (QED) is 0.428. The van der Waals surface area contributed by atoms with Crippen molar-refractivity contribution in [2.24, 2.45) is 0 Å². The van der Waals surface area contributed by atoms with Gasteiger partial charge in [0, 0.05) is 31.7 Å². The first-order valence-electron chi connectivity index (χ1n) is 11.6. The summed E-state index contributed by atoms with van der Waals surface area (Å²) >= 11 is 1.44. The molecule has 2 N–H and O–H groups in total. The van der Waals surface area contributed by atoms with Crippen molar-refractivity contribution in [2.75, 3.05) is 44.3 Å². The molecule has 1 amide bonds. The number of hydrogen-bond donors (Lipinski definition) is 2. The van der Waals surface area contributed by atoms with E-state index in [0.29, 0.717) is 42.2 Å². The number of aromatic nitrogens is 2. The van der Waals surface area contributed by atoms with Gasteiger partial charge < -0.3 is 20.3 Å². The van der Waals surface area contributed by atoms with E-state index in [2.05, 4.69) is 36.3 Å². The number of nitrogens with zero attached hydrogens (tertiary/aromatic N) is 3. The van der Waals surface area contributed by atoms with Gasteiger partial charge in [-0.15, -0.1) is 11.3 Å². The van der Waals surface area contributed by atoms with Crippen molar-refractivity contribution in [3.63, 3.8) is 0 Å². The maximum Gasteiger partial charge on any atom is 0.258 e. The summed E-state index contributed by atoms with van der Waals surface area (Å²) in [5.74, 6) is 0.452. The largest absolute Gasteiger partial charge is 0.378 e. The Labute approximate surface area is 201 Å². The fourth-order valence-corrected chi connectivity index (χ4v) is 5.43. The molecule has 0 unspecified atom stereocenters. The predicted octanol–water partition coefficient (Wildman–Crippen LogP) is 3.02. The van der Waals surface area contributed by atoms with E-state index in [1.807, 2.05) is 34.7 Å². The SMILES string of the molecule is CC(C)(C)NCCNC(=O)c1c(=O)c2ccc(N3CCOCC3)nc2n2c1sc1ccccc12. The lowest BCUT2D eigenvalue weighted by atomic mass is 10.1. The molecule has 1 saturated heterocycles. The predicted molar refractivity (Wildman–Crippen MR) is 137 cm³/mol. The zero-order valence-electron chi connectivity index (χ0n) is 19.7. The Morgan fingerprint density at radius 2 is 1.88 bits per heavy atom. The Bertz CT molecular complexity index is 1430. The van der Waals surface area contributed by atoms with Crippen LogP contribution in [0.5, 0.6) is 0 Å². The molecule has 34 heavy (non-hydrogen) atoms. The second kappa shape index (κ2) is 8.98. The third-order valence-corrected chi connectivity index (χ3v) is 7.05. The molecule has 0 spiro atoms. The van der Waals surface area contributed by atoms with Gasteiger partial charge in [-0.2, -0.15) is 0 Å². The zero-order chi connectivity index (χ0) is 23.9. The number of amides is 1. The van der Waals surface area contributed by atoms with Crippen molar-refractivity contribution in [1.82, 2.24) is 20.0 Å². The summed E-state index contributed by atoms with van der Waals surface area (Å²) in [7, 11) is 0. The van der Waals surface area contributed by atoms with Crippen molar-refractivity contribution in [2.45, 2.75) is 26.3 Å². The first-order chi connectivity index (χ1) is 16.3. The molecule has 3 aromatic heterocycles. The number of rotatable bonds is 5. The Kier molecular flexibility index (Phi) is 6.01. The number of pyridine rings is 2. The van der Waals surface area contributed by atoms with Crippen LogP contribution in [0, 0.1) is 0 Å². The summed E-state index contributed by atoms with van der Waals surface area (Å²) in [6, 6.07) is 11.6. The summed E-state index contributed by atoms with van der Waals surface area (Å²) < 4.78 is 8.43. The van der Waals surface area contributed by atoms with Gasteiger partial charge in [0.2, 0.25) is 5.43 Å². The molecule has 0 atom stereocenters. The lowest BCUT2D eigenvalue weighted by Crippen LogP contribution is -2.42. The van der Waals surface area contributed by atoms with Crippen molar-refractivity contribution in [1.29, 1.82) is 0 Å². The number of morpholine rings is 1. The Hall–Kier alpha value is -3.01. The highest BCUT2D eigenvalue weighted by Crippen LogP contribution is 2.31. The van der Waals surface area contributed by atoms with Crippen molar-refractivity contribution >= 4 is 49.1 Å². The lowest BCUT2D eigenvalue weighted by molar-refractivity contribution is 0.0953. The van der Waals surface area contributed by atoms with Crippen LogP contribution in [0.1, 0.15) is 31.1 Å². The maximum atomic E-state index is 13.6. The van der Waals surface area contributed by atoms with Crippen molar-refractivity contribution in [3.05, 3.63) is 52.2 Å². The molecule has 1 fully saturated rings. The van der Waals surface area contributed by atoms with Crippen LogP contribution in [0.15, 0.2) is 41.2 Å². The van der Waals surface area contributed by atoms with Crippen LogP contribution in [0.25, 0.3) is 26.1 Å². The molecule has 178 valence electrons. The molecule has 0 saturated carbocycles. The second-order valence-electron chi connectivity index (χ2n) is 9.49. The number of thiazole rings is 1. The minimum atomic E-state index is -0.357. The average Bonchev–Trinajstić information content (AvgIpc) is 3.21. The third kappa shape index (κ3) is 4.26. The Morgan fingerprint density at radius 1 is 1.12 bits per heavy atom. The fraction of sp³-hybridized carbons (Fsp3) is 0.400. The first-order valence-corrected chi connectivity index (χ1v) is 12.4. The standard InChI is InChI=1S/C25H29N5O3S/c1-25(2,3)27-11-10-26-23(32)20-21(31)16-8-9-19(29-12-14-33-15-13-29)28-22(16)30-17-6-4-5-7-18(17)34-24(20)30/h4-9,27H,10-15H2,1-3H3,(H,26,32). The minimum absolute atomic E-state index is 0.0458. The highest BCUT2D eigenvalue weighted by Gasteiger charge is 2.23. The molecule has 0 radical (unpaired) electrons. The normalized spacial score (nSPS) is 14.9. The van der Waals surface area contributed by atoms with Gasteiger partial charge in [0.15, 0.2) is 5.65 Å². The van der Waals surface area contributed by atoms with Gasteiger partial charge in [-0.3, -0.25) is 14.0 Å². The van der Waals surface area contributed by atoms with Crippen LogP contribution in [-0.4, -0.2) is 60.2 Å². The van der Waals surface area contributed by atoms with E-state index < -0.39 is 0 Å². The molecule has 4 heterocycles. The highest BCUT2D eigenvalue weighted by molar-refractivity contribution is 7.24. The molecule has 0 aliphatic carbocycles. The summed E-state index contributed by atoms with van der Waals surface area (Å²) in [5.41, 5.74) is 1.35. The number of carbonyl (C=O) groups excluding carboxylic acids is 1. The molecule has 0 bridgehead atoms. The molecular formula is C25H29N5O3S. The van der Waals surface area contributed by atoms with Gasteiger partial charge in [-0.1, -0.05) is 12.1 Å². The Morgan fingerprint density at radius 3 is 2.65 bits per heavy atom. The van der Waals surface area contributed by atoms with E-state index in [4.69, 9.17) is 9.72 Å². The Balaban J connectivity index is 1.63. The lowest BCUT2D eigenvalue weighted by Gasteiger charge is -2.28. The fourth-order valence-electron chi connectivity index (χ4n) is 4.25. The van der Waals surface area contributed by atoms with Gasteiger partial charge in [-0.05, 0) is 45.0 Å². The highest BCUT2D eigenvalue weighted by atomic mass is 32.1. The van der Waals surface area contributed by atoms with E-state index in [1.54, 1.807) is 6.07 Å². The second-order valence-corrected chi connectivity index (χ2v) is 10.5. The zero-order valence-corrected chi connectivity index (χ0v) is 20.5. The maximum absolute atomic E-state index is 13.6. The average molecular weight is 480 g/mol. The number of anilines is 1. The number of nitrogens with one attached hydrogen (secondary N) is 2. The van der Waals surface area contributed by atoms with Gasteiger partial charge in [0.25, 0.3) is 5.91 Å². The summed E-state index contributed by atoms with van der Waals surface area (Å²) in [4.78, 5) is 34.5. The summed E-state index contributed by atoms with van der Waals surface area (Å²) in [6.07, 6.45) is 0. The van der Waals surface area contributed by atoms with Gasteiger partial charge in [-0.25, -0.2) is 4.98 Å². The van der Waals surface area contributed by atoms with E-state index >= 15 is 0 Å². The smallest absolute Gasteiger partial charge is 0.258 e. The number of carbonyl (C=O) groups is 1. The monoisotopic (exact) mass is 479 g/mol. The summed E-state index contributed by atoms with van der Waals surface area (Å²) in [6.45, 7) is 10.1. The van der Waals surface area contributed by atoms with E-state index in [0.717, 1.165) is 29.1 Å². The van der Waals surface area contributed by atoms with Crippen molar-refractivity contribution < 1.29 is 9.53 Å². The topological polar surface area (TPSA) is 88.0 Å². The molecule has 8 nitrogen and oxygen atoms in total. The van der Waals surface area contributed by atoms with Crippen LogP contribution in [0.2, 0.25) is 0 Å². The number of ether oxygens (including phenoxy) is 1. The molecule has 1 aromatic carbocycles. The number of fused-ring (bicyclic) bond motifs is 5. The van der Waals surface area contributed by atoms with Crippen LogP contribution in [0.4, 0.5) is 5.82 Å². The summed E-state index contributed by atoms with van der Waals surface area (Å²) in [5, 5.41) is 6.72. The van der Waals surface area contributed by atoms with Gasteiger partial charge in [0.05, 0.1) is 28.8 Å². The number of benzene rings is 1. The third-order valence-electron chi connectivity index (χ3n) is 5.90. The number of hydrogen-bond acceptors (Lipinski definition) is 7. The first kappa shape index (κ1) is 22.8. The van der Waals surface area contributed by atoms with Crippen LogP contribution < -0.4 is 21.0 Å². The molecule has 1 aliphatic heterocycles. The van der Waals surface area contributed by atoms with Crippen LogP contribution >= 0.6 is 11.3 Å². The van der Waals surface area contributed by atoms with E-state index in [-0.39, 0.29) is 22.4 Å². The van der Waals surface area contributed by atoms with Crippen LogP contribution in [0.3, 0.4) is 0 Å². The molecule has 1 aliphatic rings. The van der Waals surface area contributed by atoms with Crippen LogP contribution in [-0.2, 0) is 4.74 Å². The number of para-hydroxylation sites is 1. The van der Waals surface area contributed by atoms with E-state index in [1.165, 1.54) is 11.3 Å². The molecule has 4 aromatic rings. The van der Waals surface area contributed by atoms with Crippen molar-refractivity contribution in [3.8, 4) is 0 Å². The molecule has 5 rings (SSSR count). The molecular weight excluding hydrogens is 450 g/mol. The van der Waals surface area contributed by atoms with E-state index in [9.17, 15) is 9.59 Å². The van der Waals surface area contributed by atoms with Gasteiger partial charge in [0.1, 0.15) is 16.2 Å². The molecule has 9 heteroatoms. The minimum Gasteiger partial charge on any atom is -0.378 e. The van der Waals surface area contributed by atoms with Gasteiger partial charge >= 0.3 is 0 Å².